The molecule has 4 aliphatic rings. The number of rotatable bonds is 24. The normalized spacial score (nSPS) is 15.8. The van der Waals surface area contributed by atoms with Gasteiger partial charge in [-0.15, -0.1) is 30.7 Å². The Hall–Kier alpha value is -6.72. The van der Waals surface area contributed by atoms with Crippen molar-refractivity contribution in [3.8, 4) is 0 Å². The van der Waals surface area contributed by atoms with Crippen LogP contribution in [0.25, 0.3) is 11.8 Å². The number of hydrogen-bond acceptors (Lipinski definition) is 12. The summed E-state index contributed by atoms with van der Waals surface area (Å²) in [5.41, 5.74) is 7.68. The Kier molecular flexibility index (Phi) is 45.1. The molecule has 0 saturated heterocycles. The maximum Gasteiger partial charge on any atom is 0.0952 e. The van der Waals surface area contributed by atoms with Gasteiger partial charge in [0.05, 0.1) is 17.1 Å². The predicted octanol–water partition coefficient (Wildman–Crippen LogP) is 23.2. The first-order chi connectivity index (χ1) is 43.8. The molecular weight excluding hydrogens is 1140 g/mol. The first-order valence-electron chi connectivity index (χ1n) is 34.9. The van der Waals surface area contributed by atoms with E-state index in [2.05, 4.69) is 232 Å². The topological polar surface area (TPSA) is 168 Å². The summed E-state index contributed by atoms with van der Waals surface area (Å²) in [5, 5.41) is 62.6. The van der Waals surface area contributed by atoms with Gasteiger partial charge in [-0.3, -0.25) is 30.1 Å². The molecule has 0 amide bonds. The summed E-state index contributed by atoms with van der Waals surface area (Å²) in [6, 6.07) is 24.7. The highest BCUT2D eigenvalue weighted by Crippen LogP contribution is 2.31. The average Bonchev–Trinajstić information content (AvgIpc) is 2.77. The molecule has 4 aliphatic carbocycles. The maximum atomic E-state index is 4.54. The monoisotopic (exact) mass is 1270 g/mol. The fraction of sp³-hybridized carbons (Fsp3) is 0.676. The molecule has 2 aromatic rings. The van der Waals surface area contributed by atoms with E-state index in [4.69, 9.17) is 0 Å². The summed E-state index contributed by atoms with van der Waals surface area (Å²) in [6.07, 6.45) is 34.6. The fourth-order valence-electron chi connectivity index (χ4n) is 9.92. The number of hydrogen-bond donors (Lipinski definition) is 0. The van der Waals surface area contributed by atoms with Gasteiger partial charge in [0.25, 0.3) is 0 Å². The minimum absolute atomic E-state index is 0.312. The third-order valence-electron chi connectivity index (χ3n) is 15.3. The lowest BCUT2D eigenvalue weighted by Crippen LogP contribution is -2.41. The van der Waals surface area contributed by atoms with Crippen molar-refractivity contribution in [3.63, 3.8) is 0 Å². The van der Waals surface area contributed by atoms with Gasteiger partial charge in [-0.1, -0.05) is 160 Å². The van der Waals surface area contributed by atoms with Crippen molar-refractivity contribution in [1.29, 1.82) is 0 Å². The lowest BCUT2D eigenvalue weighted by molar-refractivity contribution is 0.0755. The lowest BCUT2D eigenvalue weighted by atomic mass is 9.90. The number of allylic oxidation sites excluding steroid dienone is 6. The van der Waals surface area contributed by atoms with Crippen LogP contribution in [-0.4, -0.2) is 105 Å². The Morgan fingerprint density at radius 1 is 0.424 bits per heavy atom. The van der Waals surface area contributed by atoms with Gasteiger partial charge in [0, 0.05) is 98.7 Å². The van der Waals surface area contributed by atoms with Gasteiger partial charge in [-0.25, -0.2) is 0 Å². The summed E-state index contributed by atoms with van der Waals surface area (Å²) in [7, 11) is 3.87. The first-order valence-corrected chi connectivity index (χ1v) is 34.9. The van der Waals surface area contributed by atoms with Gasteiger partial charge in [0.2, 0.25) is 0 Å². The van der Waals surface area contributed by atoms with Gasteiger partial charge < -0.3 is 0 Å². The van der Waals surface area contributed by atoms with E-state index >= 15 is 0 Å². The molecular formula is C74H130N18. The summed E-state index contributed by atoms with van der Waals surface area (Å²) in [4.78, 5) is 0. The van der Waals surface area contributed by atoms with Crippen molar-refractivity contribution >= 4 is 11.8 Å². The molecule has 0 spiro atoms. The fourth-order valence-corrected chi connectivity index (χ4v) is 9.92. The molecule has 0 heterocycles. The largest absolute Gasteiger partial charge is 0.279 e. The third kappa shape index (κ3) is 39.0. The SMILES string of the molecule is C=CN=NN(C1CCCCC1)C1CCCCC1.CC(C)=CN=NN(C(C)C)C(C)C.CC(C)=CN=NN(C)C(C)C.CC(C)N(C)N=NC1=CCCCC1.CC(C)N(N=NC(=Cc1ccccc1)c1ccccc1)C(C)C.CC(C)N(N=NC1=CCCCC1)C(C)C. The molecule has 0 radical (unpaired) electrons. The van der Waals surface area contributed by atoms with Crippen molar-refractivity contribution in [1.82, 2.24) is 30.1 Å². The first kappa shape index (κ1) is 83.3. The third-order valence-corrected chi connectivity index (χ3v) is 15.3. The van der Waals surface area contributed by atoms with Crippen LogP contribution in [-0.2, 0) is 0 Å². The quantitative estimate of drug-likeness (QED) is 0.0576. The standard InChI is InChI=1S/C20H25N3.C14H25N3.C12H23N3.C10H19N3.C10H21N3.C8H17N3/c1-16(2)23(17(3)4)22-21-20(19-13-9-6-10-14-19)15-18-11-7-5-8-12-18;1-2-15-16-17(13-9-5-3-6-10-13)14-11-7-4-8-12-14;1-10(2)15(11(3)4)14-13-12-8-6-5-7-9-12;1-9(2)13(3)12-11-10-7-5-4-6-8-10;1-8(2)7-11-12-13(9(3)4)10(5)6;1-7(2)6-9-10-11(5)8(3)4/h5-17H,1-4H3;2,13-14H,1,3-12H2;8,10-11H,5-7,9H2,1-4H3;7,9H,4-6,8H2,1-3H3;7,9-10H,1-6H3;6,8H,1-5H3. The van der Waals surface area contributed by atoms with E-state index in [-0.39, 0.29) is 0 Å². The van der Waals surface area contributed by atoms with Crippen molar-refractivity contribution in [2.45, 2.75) is 314 Å². The highest BCUT2D eigenvalue weighted by atomic mass is 15.6. The second kappa shape index (κ2) is 49.9. The highest BCUT2D eigenvalue weighted by molar-refractivity contribution is 5.80. The highest BCUT2D eigenvalue weighted by Gasteiger charge is 2.28. The van der Waals surface area contributed by atoms with Crippen LogP contribution in [0.3, 0.4) is 0 Å². The van der Waals surface area contributed by atoms with Crippen LogP contribution in [0.1, 0.15) is 265 Å². The lowest BCUT2D eigenvalue weighted by Gasteiger charge is -2.38. The van der Waals surface area contributed by atoms with Crippen molar-refractivity contribution in [3.05, 3.63) is 132 Å². The summed E-state index contributed by atoms with van der Waals surface area (Å²) < 4.78 is 0. The molecule has 18 nitrogen and oxygen atoms in total. The summed E-state index contributed by atoms with van der Waals surface area (Å²) in [6.45, 7) is 45.5. The average molecular weight is 1270 g/mol. The van der Waals surface area contributed by atoms with Gasteiger partial charge in [-0.2, -0.15) is 0 Å². The van der Waals surface area contributed by atoms with E-state index in [1.165, 1.54) is 96.3 Å². The molecule has 0 bridgehead atoms. The zero-order valence-corrected chi connectivity index (χ0v) is 62.0. The minimum Gasteiger partial charge on any atom is -0.279 e. The summed E-state index contributed by atoms with van der Waals surface area (Å²) >= 11 is 0. The van der Waals surface area contributed by atoms with Gasteiger partial charge in [0.1, 0.15) is 0 Å². The Balaban J connectivity index is 0.000000562. The Morgan fingerprint density at radius 3 is 1.21 bits per heavy atom. The molecule has 2 fully saturated rings. The van der Waals surface area contributed by atoms with Crippen molar-refractivity contribution in [2.75, 3.05) is 14.1 Å². The molecule has 6 rings (SSSR count). The second-order valence-corrected chi connectivity index (χ2v) is 27.0. The number of nitrogens with zero attached hydrogens (tertiary/aromatic N) is 18. The summed E-state index contributed by atoms with van der Waals surface area (Å²) in [5.74, 6) is 0. The van der Waals surface area contributed by atoms with E-state index in [1.807, 2.05) is 98.2 Å². The second-order valence-electron chi connectivity index (χ2n) is 27.0. The zero-order valence-electron chi connectivity index (χ0n) is 62.0. The molecule has 0 atom stereocenters. The van der Waals surface area contributed by atoms with E-state index in [1.54, 1.807) is 18.6 Å². The molecule has 0 N–H and O–H groups in total. The maximum absolute atomic E-state index is 4.54. The smallest absolute Gasteiger partial charge is 0.0952 e. The van der Waals surface area contributed by atoms with Gasteiger partial charge in [0.15, 0.2) is 0 Å². The molecule has 92 heavy (non-hydrogen) atoms. The van der Waals surface area contributed by atoms with Gasteiger partial charge in [-0.05, 0) is 227 Å². The van der Waals surface area contributed by atoms with Crippen molar-refractivity contribution < 1.29 is 0 Å². The molecule has 18 heteroatoms. The zero-order chi connectivity index (χ0) is 68.8. The Bertz CT molecular complexity index is 2510. The minimum atomic E-state index is 0.312. The van der Waals surface area contributed by atoms with E-state index < -0.39 is 0 Å². The molecule has 2 saturated carbocycles. The Morgan fingerprint density at radius 2 is 0.815 bits per heavy atom. The molecule has 0 aliphatic heterocycles. The number of benzene rings is 2. The Labute approximate surface area is 561 Å². The van der Waals surface area contributed by atoms with Crippen LogP contribution in [0.5, 0.6) is 0 Å². The van der Waals surface area contributed by atoms with Crippen LogP contribution in [0, 0.1) is 0 Å². The van der Waals surface area contributed by atoms with E-state index in [0.717, 1.165) is 58.6 Å². The molecule has 2 aromatic carbocycles. The molecule has 0 aromatic heterocycles. The van der Waals surface area contributed by atoms with Crippen LogP contribution in [0.2, 0.25) is 0 Å². The van der Waals surface area contributed by atoms with Crippen LogP contribution >= 0.6 is 0 Å². The van der Waals surface area contributed by atoms with Crippen LogP contribution in [0.15, 0.2) is 183 Å². The van der Waals surface area contributed by atoms with E-state index in [0.29, 0.717) is 60.4 Å². The predicted molar refractivity (Wildman–Crippen MR) is 390 cm³/mol. The van der Waals surface area contributed by atoms with Gasteiger partial charge >= 0.3 is 0 Å². The van der Waals surface area contributed by atoms with E-state index in [9.17, 15) is 0 Å². The van der Waals surface area contributed by atoms with Crippen LogP contribution in [0.4, 0.5) is 0 Å². The van der Waals surface area contributed by atoms with Crippen molar-refractivity contribution in [2.24, 2.45) is 62.0 Å². The molecule has 516 valence electrons. The van der Waals surface area contributed by atoms with Crippen LogP contribution < -0.4 is 0 Å². The molecule has 0 unspecified atom stereocenters.